The number of guanidine groups is 1. The molecule has 9 heteroatoms. The average Bonchev–Trinajstić information content (AvgIpc) is 3.00. The van der Waals surface area contributed by atoms with E-state index in [0.717, 1.165) is 28.8 Å². The van der Waals surface area contributed by atoms with Crippen LogP contribution >= 0.6 is 35.6 Å². The van der Waals surface area contributed by atoms with Crippen molar-refractivity contribution >= 4 is 41.5 Å². The van der Waals surface area contributed by atoms with Crippen LogP contribution in [0.3, 0.4) is 0 Å². The molecule has 29 heavy (non-hydrogen) atoms. The Morgan fingerprint density at radius 2 is 1.72 bits per heavy atom. The lowest BCUT2D eigenvalue weighted by Crippen LogP contribution is -2.38. The Balaban J connectivity index is 0.00000420. The largest absolute Gasteiger partial charge is 0.496 e. The molecule has 1 heterocycles. The molecule has 7 nitrogen and oxygen atoms in total. The number of rotatable bonds is 8. The second-order valence-electron chi connectivity index (χ2n) is 6.31. The second-order valence-corrected chi connectivity index (χ2v) is 6.74. The summed E-state index contributed by atoms with van der Waals surface area (Å²) in [6.45, 7) is 3.92. The van der Waals surface area contributed by atoms with Crippen LogP contribution in [0.5, 0.6) is 17.2 Å². The fourth-order valence-corrected chi connectivity index (χ4v) is 3.16. The number of aromatic nitrogens is 1. The molecule has 0 atom stereocenters. The van der Waals surface area contributed by atoms with Crippen LogP contribution in [0.1, 0.15) is 18.2 Å². The van der Waals surface area contributed by atoms with Crippen LogP contribution in [0.2, 0.25) is 5.02 Å². The average molecular weight is 537 g/mol. The Hall–Kier alpha value is -1.81. The quantitative estimate of drug-likeness (QED) is 0.315. The van der Waals surface area contributed by atoms with E-state index in [-0.39, 0.29) is 24.0 Å². The Morgan fingerprint density at radius 1 is 1.10 bits per heavy atom. The van der Waals surface area contributed by atoms with Gasteiger partial charge in [-0.05, 0) is 19.1 Å². The molecule has 0 aliphatic heterocycles. The predicted octanol–water partition coefficient (Wildman–Crippen LogP) is 3.92. The number of methoxy groups -OCH3 is 3. The normalized spacial score (nSPS) is 10.9. The lowest BCUT2D eigenvalue weighted by atomic mass is 10.1. The van der Waals surface area contributed by atoms with E-state index in [2.05, 4.69) is 10.2 Å². The van der Waals surface area contributed by atoms with E-state index < -0.39 is 0 Å². The van der Waals surface area contributed by atoms with Gasteiger partial charge in [0.25, 0.3) is 0 Å². The van der Waals surface area contributed by atoms with Crippen molar-refractivity contribution in [3.05, 3.63) is 40.7 Å². The summed E-state index contributed by atoms with van der Waals surface area (Å²) in [7, 11) is 8.82. The molecule has 0 bridgehead atoms. The highest BCUT2D eigenvalue weighted by molar-refractivity contribution is 14.0. The minimum Gasteiger partial charge on any atom is -0.496 e. The molecule has 0 spiro atoms. The molecule has 0 saturated heterocycles. The first kappa shape index (κ1) is 25.2. The maximum absolute atomic E-state index is 6.10. The highest BCUT2D eigenvalue weighted by Gasteiger charge is 2.13. The van der Waals surface area contributed by atoms with Gasteiger partial charge >= 0.3 is 0 Å². The van der Waals surface area contributed by atoms with Gasteiger partial charge in [0.2, 0.25) is 0 Å². The number of hydrogen-bond donors (Lipinski definition) is 1. The van der Waals surface area contributed by atoms with Gasteiger partial charge in [-0.25, -0.2) is 4.99 Å². The van der Waals surface area contributed by atoms with Crippen molar-refractivity contribution in [3.8, 4) is 17.2 Å². The van der Waals surface area contributed by atoms with Crippen LogP contribution in [0, 0.1) is 0 Å². The van der Waals surface area contributed by atoms with Crippen LogP contribution in [0.4, 0.5) is 0 Å². The summed E-state index contributed by atoms with van der Waals surface area (Å²) >= 11 is 6.10. The van der Waals surface area contributed by atoms with Crippen molar-refractivity contribution in [3.63, 3.8) is 0 Å². The van der Waals surface area contributed by atoms with Crippen molar-refractivity contribution in [1.82, 2.24) is 14.8 Å². The summed E-state index contributed by atoms with van der Waals surface area (Å²) in [5.74, 6) is 2.76. The summed E-state index contributed by atoms with van der Waals surface area (Å²) < 4.78 is 18.3. The van der Waals surface area contributed by atoms with Crippen molar-refractivity contribution < 1.29 is 14.2 Å². The first-order valence-corrected chi connectivity index (χ1v) is 9.40. The third-order valence-electron chi connectivity index (χ3n) is 4.36. The number of benzene rings is 1. The standard InChI is InChI=1S/C20H29ClN4O3.HI/c1-7-22-20(25(3)13-16-9-15(21)12-24(16)2)23-11-14-8-18(27-5)19(28-6)10-17(14)26-4;/h8-10,12H,7,11,13H2,1-6H3,(H,22,23);1H. The van der Waals surface area contributed by atoms with Gasteiger partial charge < -0.3 is 29.0 Å². The van der Waals surface area contributed by atoms with Crippen molar-refractivity contribution in [2.24, 2.45) is 12.0 Å². The topological polar surface area (TPSA) is 60.3 Å². The zero-order chi connectivity index (χ0) is 20.7. The second kappa shape index (κ2) is 12.0. The van der Waals surface area contributed by atoms with Gasteiger partial charge in [0, 0.05) is 44.2 Å². The lowest BCUT2D eigenvalue weighted by Gasteiger charge is -2.22. The molecular weight excluding hydrogens is 507 g/mol. The summed E-state index contributed by atoms with van der Waals surface area (Å²) in [6.07, 6.45) is 1.89. The van der Waals surface area contributed by atoms with Crippen LogP contribution < -0.4 is 19.5 Å². The number of hydrogen-bond acceptors (Lipinski definition) is 4. The number of aliphatic imine (C=N–C) groups is 1. The number of halogens is 2. The Morgan fingerprint density at radius 3 is 2.24 bits per heavy atom. The lowest BCUT2D eigenvalue weighted by molar-refractivity contribution is 0.347. The smallest absolute Gasteiger partial charge is 0.194 e. The molecule has 0 fully saturated rings. The van der Waals surface area contributed by atoms with E-state index in [1.54, 1.807) is 21.3 Å². The van der Waals surface area contributed by atoms with Crippen molar-refractivity contribution in [1.29, 1.82) is 0 Å². The van der Waals surface area contributed by atoms with Gasteiger partial charge in [-0.15, -0.1) is 24.0 Å². The third-order valence-corrected chi connectivity index (χ3v) is 4.56. The molecular formula is C20H30ClIN4O3. The van der Waals surface area contributed by atoms with Gasteiger partial charge in [-0.1, -0.05) is 11.6 Å². The minimum atomic E-state index is 0. The Bertz CT molecular complexity index is 826. The van der Waals surface area contributed by atoms with E-state index in [4.69, 9.17) is 30.8 Å². The third kappa shape index (κ3) is 6.60. The van der Waals surface area contributed by atoms with Crippen molar-refractivity contribution in [2.45, 2.75) is 20.0 Å². The van der Waals surface area contributed by atoms with Crippen molar-refractivity contribution in [2.75, 3.05) is 34.9 Å². The molecule has 2 aromatic rings. The van der Waals surface area contributed by atoms with Gasteiger partial charge in [-0.2, -0.15) is 0 Å². The van der Waals surface area contributed by atoms with Gasteiger partial charge in [0.15, 0.2) is 17.5 Å². The Labute approximate surface area is 195 Å². The molecule has 1 N–H and O–H groups in total. The highest BCUT2D eigenvalue weighted by Crippen LogP contribution is 2.34. The molecule has 0 aliphatic carbocycles. The predicted molar refractivity (Wildman–Crippen MR) is 128 cm³/mol. The minimum absolute atomic E-state index is 0. The molecule has 162 valence electrons. The van der Waals surface area contributed by atoms with Crippen LogP contribution in [0.15, 0.2) is 29.4 Å². The summed E-state index contributed by atoms with van der Waals surface area (Å²) in [5, 5.41) is 4.05. The van der Waals surface area contributed by atoms with E-state index in [9.17, 15) is 0 Å². The molecule has 0 aliphatic rings. The van der Waals surface area contributed by atoms with Gasteiger partial charge in [0.05, 0.1) is 39.4 Å². The molecule has 0 saturated carbocycles. The number of nitrogens with one attached hydrogen (secondary N) is 1. The first-order chi connectivity index (χ1) is 13.4. The molecule has 2 rings (SSSR count). The fourth-order valence-electron chi connectivity index (χ4n) is 2.89. The van der Waals surface area contributed by atoms with Crippen LogP contribution in [0.25, 0.3) is 0 Å². The number of ether oxygens (including phenoxy) is 3. The summed E-state index contributed by atoms with van der Waals surface area (Å²) in [5.41, 5.74) is 2.01. The van der Waals surface area contributed by atoms with Gasteiger partial charge in [-0.3, -0.25) is 0 Å². The number of aryl methyl sites for hydroxylation is 1. The monoisotopic (exact) mass is 536 g/mol. The van der Waals surface area contributed by atoms with E-state index in [1.807, 2.05) is 50.0 Å². The fraction of sp³-hybridized carbons (Fsp3) is 0.450. The maximum Gasteiger partial charge on any atom is 0.194 e. The first-order valence-electron chi connectivity index (χ1n) is 9.02. The SMILES string of the molecule is CCNC(=NCc1cc(OC)c(OC)cc1OC)N(C)Cc1cc(Cl)cn1C.I. The van der Waals surface area contributed by atoms with E-state index in [0.29, 0.717) is 30.3 Å². The van der Waals surface area contributed by atoms with Crippen LogP contribution in [-0.4, -0.2) is 50.3 Å². The molecule has 0 unspecified atom stereocenters. The number of nitrogens with zero attached hydrogens (tertiary/aromatic N) is 3. The zero-order valence-corrected chi connectivity index (χ0v) is 20.9. The summed E-state index contributed by atoms with van der Waals surface area (Å²) in [4.78, 5) is 6.83. The Kier molecular flexibility index (Phi) is 10.5. The highest BCUT2D eigenvalue weighted by atomic mass is 127. The molecule has 1 aromatic heterocycles. The molecule has 1 aromatic carbocycles. The summed E-state index contributed by atoms with van der Waals surface area (Å²) in [6, 6.07) is 5.66. The van der Waals surface area contributed by atoms with Crippen LogP contribution in [-0.2, 0) is 20.1 Å². The zero-order valence-electron chi connectivity index (χ0n) is 17.8. The maximum atomic E-state index is 6.10. The van der Waals surface area contributed by atoms with E-state index >= 15 is 0 Å². The van der Waals surface area contributed by atoms with E-state index in [1.165, 1.54) is 0 Å². The van der Waals surface area contributed by atoms with Gasteiger partial charge in [0.1, 0.15) is 5.75 Å². The molecule has 0 radical (unpaired) electrons. The molecule has 0 amide bonds.